The molecular weight excluding hydrogens is 432 g/mol. The number of benzene rings is 2. The summed E-state index contributed by atoms with van der Waals surface area (Å²) in [6.45, 7) is 2.95. The minimum Gasteiger partial charge on any atom is -0.494 e. The van der Waals surface area contributed by atoms with Gasteiger partial charge < -0.3 is 14.4 Å². The van der Waals surface area contributed by atoms with Gasteiger partial charge in [0.05, 0.1) is 11.5 Å². The number of sulfonamides is 1. The Bertz CT molecular complexity index is 1000. The molecule has 172 valence electrons. The van der Waals surface area contributed by atoms with E-state index in [0.717, 1.165) is 11.3 Å². The van der Waals surface area contributed by atoms with Gasteiger partial charge in [0.25, 0.3) is 5.91 Å². The van der Waals surface area contributed by atoms with E-state index in [1.54, 1.807) is 30.3 Å². The molecule has 3 rings (SSSR count). The summed E-state index contributed by atoms with van der Waals surface area (Å²) in [5, 5.41) is 0. The van der Waals surface area contributed by atoms with Crippen molar-refractivity contribution in [3.63, 3.8) is 0 Å². The van der Waals surface area contributed by atoms with Crippen LogP contribution in [0, 0.1) is 6.92 Å². The van der Waals surface area contributed by atoms with Crippen molar-refractivity contribution in [2.24, 2.45) is 0 Å². The van der Waals surface area contributed by atoms with E-state index in [-0.39, 0.29) is 50.0 Å². The van der Waals surface area contributed by atoms with Gasteiger partial charge in [-0.1, -0.05) is 35.9 Å². The molecule has 1 heterocycles. The summed E-state index contributed by atoms with van der Waals surface area (Å²) in [4.78, 5) is 26.0. The zero-order valence-electron chi connectivity index (χ0n) is 18.1. The van der Waals surface area contributed by atoms with Gasteiger partial charge in [0.15, 0.2) is 6.61 Å². The molecule has 0 atom stereocenters. The summed E-state index contributed by atoms with van der Waals surface area (Å²) in [5.74, 6) is -0.0465. The summed E-state index contributed by atoms with van der Waals surface area (Å²) in [6.07, 6.45) is 0.638. The first-order valence-electron chi connectivity index (χ1n) is 10.5. The summed E-state index contributed by atoms with van der Waals surface area (Å²) >= 11 is 0. The molecule has 1 amide bonds. The van der Waals surface area contributed by atoms with E-state index in [1.807, 2.05) is 31.2 Å². The highest BCUT2D eigenvalue weighted by Crippen LogP contribution is 2.17. The molecule has 0 aliphatic carbocycles. The van der Waals surface area contributed by atoms with Crippen LogP contribution in [0.4, 0.5) is 0 Å². The second-order valence-electron chi connectivity index (χ2n) is 7.52. The molecule has 2 aromatic carbocycles. The minimum absolute atomic E-state index is 0.155. The quantitative estimate of drug-likeness (QED) is 0.421. The average Bonchev–Trinajstić information content (AvgIpc) is 2.82. The largest absolute Gasteiger partial charge is 0.494 e. The van der Waals surface area contributed by atoms with E-state index >= 15 is 0 Å². The molecule has 1 saturated heterocycles. The fourth-order valence-corrected chi connectivity index (χ4v) is 4.71. The van der Waals surface area contributed by atoms with Gasteiger partial charge in [0, 0.05) is 32.6 Å². The molecule has 0 bridgehead atoms. The molecule has 8 nitrogen and oxygen atoms in total. The molecule has 1 aliphatic heterocycles. The van der Waals surface area contributed by atoms with Crippen molar-refractivity contribution in [1.29, 1.82) is 0 Å². The summed E-state index contributed by atoms with van der Waals surface area (Å²) in [6, 6.07) is 15.9. The summed E-state index contributed by atoms with van der Waals surface area (Å²) in [5.41, 5.74) is 1.14. The monoisotopic (exact) mass is 460 g/mol. The van der Waals surface area contributed by atoms with Crippen LogP contribution < -0.4 is 4.74 Å². The Morgan fingerprint density at radius 3 is 2.25 bits per heavy atom. The average molecular weight is 461 g/mol. The molecule has 1 fully saturated rings. The van der Waals surface area contributed by atoms with Crippen LogP contribution in [0.15, 0.2) is 59.5 Å². The van der Waals surface area contributed by atoms with Gasteiger partial charge in [-0.25, -0.2) is 8.42 Å². The molecule has 0 unspecified atom stereocenters. The standard InChI is InChI=1S/C23H28N2O6S/c1-19-9-11-20(12-10-19)30-17-5-8-23(27)31-18-22(26)24-13-15-25(16-14-24)32(28,29)21-6-3-2-4-7-21/h2-4,6-7,9-12H,5,8,13-18H2,1H3. The van der Waals surface area contributed by atoms with Crippen molar-refractivity contribution in [2.75, 3.05) is 39.4 Å². The molecular formula is C23H28N2O6S. The third-order valence-electron chi connectivity index (χ3n) is 5.14. The lowest BCUT2D eigenvalue weighted by molar-refractivity contribution is -0.152. The van der Waals surface area contributed by atoms with Crippen LogP contribution in [0.2, 0.25) is 0 Å². The zero-order chi connectivity index (χ0) is 23.0. The van der Waals surface area contributed by atoms with Crippen LogP contribution in [-0.4, -0.2) is 68.9 Å². The fraction of sp³-hybridized carbons (Fsp3) is 0.391. The zero-order valence-corrected chi connectivity index (χ0v) is 18.9. The summed E-state index contributed by atoms with van der Waals surface area (Å²) < 4.78 is 37.3. The fourth-order valence-electron chi connectivity index (χ4n) is 3.27. The van der Waals surface area contributed by atoms with Crippen LogP contribution >= 0.6 is 0 Å². The molecule has 32 heavy (non-hydrogen) atoms. The second-order valence-corrected chi connectivity index (χ2v) is 9.46. The molecule has 0 saturated carbocycles. The van der Waals surface area contributed by atoms with Crippen LogP contribution in [0.5, 0.6) is 5.75 Å². The lowest BCUT2D eigenvalue weighted by Crippen LogP contribution is -2.51. The van der Waals surface area contributed by atoms with E-state index in [9.17, 15) is 18.0 Å². The van der Waals surface area contributed by atoms with E-state index in [2.05, 4.69) is 0 Å². The Balaban J connectivity index is 1.34. The Morgan fingerprint density at radius 1 is 0.938 bits per heavy atom. The third kappa shape index (κ3) is 6.54. The van der Waals surface area contributed by atoms with Gasteiger partial charge in [-0.2, -0.15) is 4.31 Å². The maximum atomic E-state index is 12.7. The summed E-state index contributed by atoms with van der Waals surface area (Å²) in [7, 11) is -3.57. The van der Waals surface area contributed by atoms with E-state index in [1.165, 1.54) is 9.21 Å². The van der Waals surface area contributed by atoms with Gasteiger partial charge in [0.1, 0.15) is 5.75 Å². The normalized spacial score (nSPS) is 14.7. The van der Waals surface area contributed by atoms with Gasteiger partial charge in [-0.3, -0.25) is 9.59 Å². The van der Waals surface area contributed by atoms with Crippen LogP contribution in [-0.2, 0) is 24.3 Å². The van der Waals surface area contributed by atoms with Crippen molar-refractivity contribution in [3.8, 4) is 5.75 Å². The van der Waals surface area contributed by atoms with Gasteiger partial charge in [-0.05, 0) is 37.6 Å². The lowest BCUT2D eigenvalue weighted by atomic mass is 10.2. The molecule has 0 N–H and O–H groups in total. The highest BCUT2D eigenvalue weighted by Gasteiger charge is 2.30. The lowest BCUT2D eigenvalue weighted by Gasteiger charge is -2.33. The van der Waals surface area contributed by atoms with E-state index in [4.69, 9.17) is 9.47 Å². The van der Waals surface area contributed by atoms with Crippen molar-refractivity contribution in [2.45, 2.75) is 24.7 Å². The Labute approximate surface area is 188 Å². The molecule has 1 aliphatic rings. The number of ether oxygens (including phenoxy) is 2. The number of aryl methyl sites for hydroxylation is 1. The predicted octanol–water partition coefficient (Wildman–Crippen LogP) is 2.23. The molecule has 0 spiro atoms. The van der Waals surface area contributed by atoms with Crippen molar-refractivity contribution in [3.05, 3.63) is 60.2 Å². The number of amides is 1. The highest BCUT2D eigenvalue weighted by molar-refractivity contribution is 7.89. The number of esters is 1. The third-order valence-corrected chi connectivity index (χ3v) is 7.06. The number of carbonyl (C=O) groups excluding carboxylic acids is 2. The first-order valence-corrected chi connectivity index (χ1v) is 12.0. The molecule has 9 heteroatoms. The topological polar surface area (TPSA) is 93.2 Å². The van der Waals surface area contributed by atoms with Gasteiger partial charge >= 0.3 is 5.97 Å². The second kappa shape index (κ2) is 11.1. The Morgan fingerprint density at radius 2 is 1.59 bits per heavy atom. The number of carbonyl (C=O) groups is 2. The van der Waals surface area contributed by atoms with E-state index in [0.29, 0.717) is 13.0 Å². The minimum atomic E-state index is -3.57. The van der Waals surface area contributed by atoms with Gasteiger partial charge in [-0.15, -0.1) is 0 Å². The van der Waals surface area contributed by atoms with Crippen molar-refractivity contribution in [1.82, 2.24) is 9.21 Å². The Kier molecular flexibility index (Phi) is 8.24. The number of hydrogen-bond acceptors (Lipinski definition) is 6. The van der Waals surface area contributed by atoms with Crippen molar-refractivity contribution >= 4 is 21.9 Å². The SMILES string of the molecule is Cc1ccc(OCCCC(=O)OCC(=O)N2CCN(S(=O)(=O)c3ccccc3)CC2)cc1. The van der Waals surface area contributed by atoms with Crippen LogP contribution in [0.1, 0.15) is 18.4 Å². The molecule has 2 aromatic rings. The Hall–Kier alpha value is -2.91. The van der Waals surface area contributed by atoms with Crippen LogP contribution in [0.3, 0.4) is 0 Å². The number of nitrogens with zero attached hydrogens (tertiary/aromatic N) is 2. The number of rotatable bonds is 9. The predicted molar refractivity (Wildman–Crippen MR) is 119 cm³/mol. The first kappa shape index (κ1) is 23.7. The highest BCUT2D eigenvalue weighted by atomic mass is 32.2. The van der Waals surface area contributed by atoms with E-state index < -0.39 is 16.0 Å². The maximum Gasteiger partial charge on any atom is 0.306 e. The number of hydrogen-bond donors (Lipinski definition) is 0. The number of piperazine rings is 1. The first-order chi connectivity index (χ1) is 15.4. The van der Waals surface area contributed by atoms with Gasteiger partial charge in [0.2, 0.25) is 10.0 Å². The molecule has 0 aromatic heterocycles. The maximum absolute atomic E-state index is 12.7. The smallest absolute Gasteiger partial charge is 0.306 e. The van der Waals surface area contributed by atoms with Crippen molar-refractivity contribution < 1.29 is 27.5 Å². The van der Waals surface area contributed by atoms with Crippen LogP contribution in [0.25, 0.3) is 0 Å². The molecule has 0 radical (unpaired) electrons.